The second-order valence-electron chi connectivity index (χ2n) is 6.83. The zero-order valence-electron chi connectivity index (χ0n) is 16.7. The first-order valence-corrected chi connectivity index (χ1v) is 9.88. The van der Waals surface area contributed by atoms with E-state index in [1.54, 1.807) is 0 Å². The van der Waals surface area contributed by atoms with Crippen molar-refractivity contribution in [2.75, 3.05) is 19.7 Å². The quantitative estimate of drug-likeness (QED) is 0.460. The molecule has 2 amide bonds. The van der Waals surface area contributed by atoms with Gasteiger partial charge in [-0.2, -0.15) is 13.2 Å². The molecular formula is C21H21ClF4N2O4. The molecule has 6 nitrogen and oxygen atoms in total. The second kappa shape index (κ2) is 11.7. The Kier molecular flexibility index (Phi) is 9.27. The summed E-state index contributed by atoms with van der Waals surface area (Å²) in [7, 11) is 0. The molecule has 174 valence electrons. The van der Waals surface area contributed by atoms with Gasteiger partial charge in [-0.15, -0.1) is 0 Å². The second-order valence-corrected chi connectivity index (χ2v) is 7.24. The number of aliphatic hydroxyl groups is 1. The maximum absolute atomic E-state index is 13.3. The number of hydrogen-bond donors (Lipinski definition) is 3. The van der Waals surface area contributed by atoms with Crippen molar-refractivity contribution in [2.45, 2.75) is 25.1 Å². The van der Waals surface area contributed by atoms with Crippen LogP contribution >= 0.6 is 11.6 Å². The Morgan fingerprint density at radius 2 is 1.75 bits per heavy atom. The highest BCUT2D eigenvalue weighted by molar-refractivity contribution is 6.30. The molecule has 2 aromatic carbocycles. The average Bonchev–Trinajstić information content (AvgIpc) is 2.73. The summed E-state index contributed by atoms with van der Waals surface area (Å²) >= 11 is 5.55. The molecule has 0 saturated heterocycles. The summed E-state index contributed by atoms with van der Waals surface area (Å²) in [6.07, 6.45) is -5.38. The van der Waals surface area contributed by atoms with Crippen molar-refractivity contribution in [1.29, 1.82) is 0 Å². The maximum Gasteiger partial charge on any atom is 0.416 e. The van der Waals surface area contributed by atoms with Crippen molar-refractivity contribution >= 4 is 23.4 Å². The highest BCUT2D eigenvalue weighted by atomic mass is 35.5. The van der Waals surface area contributed by atoms with Crippen LogP contribution in [0.1, 0.15) is 17.5 Å². The number of benzene rings is 2. The smallest absolute Gasteiger partial charge is 0.416 e. The Labute approximate surface area is 186 Å². The molecule has 32 heavy (non-hydrogen) atoms. The molecule has 0 saturated carbocycles. The minimum atomic E-state index is -4.44. The van der Waals surface area contributed by atoms with Gasteiger partial charge in [-0.25, -0.2) is 4.39 Å². The minimum absolute atomic E-state index is 0.0674. The van der Waals surface area contributed by atoms with E-state index in [0.717, 1.165) is 18.2 Å². The Balaban J connectivity index is 1.62. The highest BCUT2D eigenvalue weighted by Crippen LogP contribution is 2.29. The number of halogens is 5. The molecule has 0 fully saturated rings. The number of ether oxygens (including phenoxy) is 1. The summed E-state index contributed by atoms with van der Waals surface area (Å²) in [6.45, 7) is -0.343. The zero-order valence-corrected chi connectivity index (χ0v) is 17.5. The molecule has 0 aromatic heterocycles. The number of carbonyl (C=O) groups excluding carboxylic acids is 2. The van der Waals surface area contributed by atoms with Crippen LogP contribution < -0.4 is 15.4 Å². The Morgan fingerprint density at radius 3 is 2.38 bits per heavy atom. The highest BCUT2D eigenvalue weighted by Gasteiger charge is 2.29. The number of hydrogen-bond acceptors (Lipinski definition) is 4. The molecule has 0 aliphatic heterocycles. The monoisotopic (exact) mass is 476 g/mol. The van der Waals surface area contributed by atoms with E-state index in [-0.39, 0.29) is 43.3 Å². The molecule has 11 heteroatoms. The summed E-state index contributed by atoms with van der Waals surface area (Å²) in [5.41, 5.74) is -0.400. The predicted octanol–water partition coefficient (Wildman–Crippen LogP) is 3.10. The van der Waals surface area contributed by atoms with Crippen molar-refractivity contribution in [3.05, 3.63) is 64.4 Å². The fraction of sp³-hybridized carbons (Fsp3) is 0.333. The lowest BCUT2D eigenvalue weighted by Gasteiger charge is -2.13. The number of rotatable bonds is 10. The van der Waals surface area contributed by atoms with E-state index in [1.807, 2.05) is 0 Å². The largest absolute Gasteiger partial charge is 0.484 e. The van der Waals surface area contributed by atoms with Crippen molar-refractivity contribution < 1.29 is 37.0 Å². The molecular weight excluding hydrogens is 456 g/mol. The Bertz CT molecular complexity index is 923. The summed E-state index contributed by atoms with van der Waals surface area (Å²) in [6, 6.07) is 7.99. The van der Waals surface area contributed by atoms with Crippen molar-refractivity contribution in [3.63, 3.8) is 0 Å². The lowest BCUT2D eigenvalue weighted by Crippen LogP contribution is -2.36. The van der Waals surface area contributed by atoms with E-state index < -0.39 is 35.5 Å². The van der Waals surface area contributed by atoms with E-state index in [9.17, 15) is 32.3 Å². The van der Waals surface area contributed by atoms with Crippen molar-refractivity contribution in [3.8, 4) is 5.75 Å². The third-order valence-corrected chi connectivity index (χ3v) is 4.55. The molecule has 1 atom stereocenters. The van der Waals surface area contributed by atoms with Gasteiger partial charge in [0.25, 0.3) is 5.91 Å². The van der Waals surface area contributed by atoms with Gasteiger partial charge in [0.1, 0.15) is 11.6 Å². The van der Waals surface area contributed by atoms with E-state index in [0.29, 0.717) is 5.56 Å². The number of amides is 2. The molecule has 0 bridgehead atoms. The lowest BCUT2D eigenvalue weighted by molar-refractivity contribution is -0.137. The molecule has 3 N–H and O–H groups in total. The van der Waals surface area contributed by atoms with Crippen LogP contribution in [0.15, 0.2) is 42.5 Å². The SMILES string of the molecule is O=C(COc1ccc(Cl)c(F)c1)NCCC(O)CNC(=O)Cc1ccc(C(F)(F)F)cc1. The van der Waals surface area contributed by atoms with Gasteiger partial charge in [-0.3, -0.25) is 9.59 Å². The molecule has 2 aromatic rings. The van der Waals surface area contributed by atoms with Gasteiger partial charge >= 0.3 is 6.18 Å². The zero-order chi connectivity index (χ0) is 23.7. The first-order chi connectivity index (χ1) is 15.0. The molecule has 0 aliphatic rings. The fourth-order valence-corrected chi connectivity index (χ4v) is 2.66. The summed E-state index contributed by atoms with van der Waals surface area (Å²) in [5, 5.41) is 14.8. The van der Waals surface area contributed by atoms with E-state index in [1.165, 1.54) is 24.3 Å². The van der Waals surface area contributed by atoms with Crippen LogP contribution in [-0.2, 0) is 22.2 Å². The molecule has 0 radical (unpaired) electrons. The molecule has 0 aliphatic carbocycles. The van der Waals surface area contributed by atoms with Gasteiger partial charge in [0.05, 0.1) is 23.1 Å². The van der Waals surface area contributed by atoms with Crippen LogP contribution in [0.4, 0.5) is 17.6 Å². The first-order valence-electron chi connectivity index (χ1n) is 9.50. The van der Waals surface area contributed by atoms with E-state index >= 15 is 0 Å². The van der Waals surface area contributed by atoms with Crippen molar-refractivity contribution in [1.82, 2.24) is 10.6 Å². The maximum atomic E-state index is 13.3. The van der Waals surface area contributed by atoms with Crippen LogP contribution in [0.25, 0.3) is 0 Å². The van der Waals surface area contributed by atoms with Gasteiger partial charge in [0, 0.05) is 19.2 Å². The third-order valence-electron chi connectivity index (χ3n) is 4.24. The molecule has 0 heterocycles. The third kappa shape index (κ3) is 8.72. The van der Waals surface area contributed by atoms with Gasteiger partial charge < -0.3 is 20.5 Å². The average molecular weight is 477 g/mol. The van der Waals surface area contributed by atoms with Crippen LogP contribution in [0, 0.1) is 5.82 Å². The Morgan fingerprint density at radius 1 is 1.06 bits per heavy atom. The number of carbonyl (C=O) groups is 2. The summed E-state index contributed by atoms with van der Waals surface area (Å²) < 4.78 is 56.0. The van der Waals surface area contributed by atoms with Crippen molar-refractivity contribution in [2.24, 2.45) is 0 Å². The van der Waals surface area contributed by atoms with Gasteiger partial charge in [0.2, 0.25) is 5.91 Å². The molecule has 1 unspecified atom stereocenters. The molecule has 2 rings (SSSR count). The van der Waals surface area contributed by atoms with E-state index in [2.05, 4.69) is 10.6 Å². The molecule has 0 spiro atoms. The fourth-order valence-electron chi connectivity index (χ4n) is 2.54. The standard InChI is InChI=1S/C21H21ClF4N2O4/c22-17-6-5-16(10-18(17)23)32-12-20(31)27-8-7-15(29)11-28-19(30)9-13-1-3-14(4-2-13)21(24,25)26/h1-6,10,15,29H,7-9,11-12H2,(H,27,31)(H,28,30). The number of aliphatic hydroxyl groups excluding tert-OH is 1. The van der Waals surface area contributed by atoms with Crippen LogP contribution in [0.2, 0.25) is 5.02 Å². The topological polar surface area (TPSA) is 87.7 Å². The van der Waals surface area contributed by atoms with Crippen LogP contribution in [0.5, 0.6) is 5.75 Å². The van der Waals surface area contributed by atoms with Crippen LogP contribution in [-0.4, -0.2) is 42.7 Å². The first kappa shape index (κ1) is 25.4. The van der Waals surface area contributed by atoms with Gasteiger partial charge in [-0.05, 0) is 36.2 Å². The van der Waals surface area contributed by atoms with Gasteiger partial charge in [0.15, 0.2) is 6.61 Å². The van der Waals surface area contributed by atoms with E-state index in [4.69, 9.17) is 16.3 Å². The normalized spacial score (nSPS) is 12.2. The van der Waals surface area contributed by atoms with Gasteiger partial charge in [-0.1, -0.05) is 23.7 Å². The summed E-state index contributed by atoms with van der Waals surface area (Å²) in [4.78, 5) is 23.6. The lowest BCUT2D eigenvalue weighted by atomic mass is 10.1. The summed E-state index contributed by atoms with van der Waals surface area (Å²) in [5.74, 6) is -1.48. The number of nitrogens with one attached hydrogen (secondary N) is 2. The Hall–Kier alpha value is -2.85. The van der Waals surface area contributed by atoms with Crippen LogP contribution in [0.3, 0.4) is 0 Å². The number of alkyl halides is 3. The minimum Gasteiger partial charge on any atom is -0.484 e. The predicted molar refractivity (Wildman–Crippen MR) is 109 cm³/mol.